The van der Waals surface area contributed by atoms with Crippen LogP contribution in [-0.4, -0.2) is 63.3 Å². The van der Waals surface area contributed by atoms with Crippen LogP contribution in [0.1, 0.15) is 5.56 Å². The fourth-order valence-corrected chi connectivity index (χ4v) is 4.90. The SMILES string of the molecule is COc1ccc(CC(=O)Nc2ccc(SC)nc2)cc1S(=O)(=O)N1CCOCC1. The van der Waals surface area contributed by atoms with E-state index in [2.05, 4.69) is 10.3 Å². The largest absolute Gasteiger partial charge is 0.495 e. The van der Waals surface area contributed by atoms with Crippen LogP contribution in [0.5, 0.6) is 5.75 Å². The second kappa shape index (κ2) is 9.57. The number of morpholine rings is 1. The first kappa shape index (κ1) is 21.6. The minimum atomic E-state index is -3.75. The molecule has 0 saturated carbocycles. The maximum Gasteiger partial charge on any atom is 0.246 e. The number of nitrogens with one attached hydrogen (secondary N) is 1. The first-order valence-electron chi connectivity index (χ1n) is 8.99. The van der Waals surface area contributed by atoms with Gasteiger partial charge in [0.1, 0.15) is 10.6 Å². The number of methoxy groups -OCH3 is 1. The molecule has 0 spiro atoms. The summed E-state index contributed by atoms with van der Waals surface area (Å²) >= 11 is 1.51. The van der Waals surface area contributed by atoms with Crippen LogP contribution in [-0.2, 0) is 26.0 Å². The van der Waals surface area contributed by atoms with Crippen LogP contribution in [0.3, 0.4) is 0 Å². The molecule has 156 valence electrons. The average molecular weight is 438 g/mol. The number of carbonyl (C=O) groups excluding carboxylic acids is 1. The van der Waals surface area contributed by atoms with Crippen LogP contribution in [0.2, 0.25) is 0 Å². The number of ether oxygens (including phenoxy) is 2. The fraction of sp³-hybridized carbons (Fsp3) is 0.368. The number of amides is 1. The van der Waals surface area contributed by atoms with Crippen molar-refractivity contribution in [2.45, 2.75) is 16.3 Å². The number of hydrogen-bond acceptors (Lipinski definition) is 7. The van der Waals surface area contributed by atoms with Crippen molar-refractivity contribution in [3.05, 3.63) is 42.1 Å². The van der Waals surface area contributed by atoms with Crippen LogP contribution < -0.4 is 10.1 Å². The molecule has 1 amide bonds. The van der Waals surface area contributed by atoms with Gasteiger partial charge in [-0.1, -0.05) is 6.07 Å². The third kappa shape index (κ3) is 5.27. The molecule has 2 aromatic rings. The van der Waals surface area contributed by atoms with Crippen molar-refractivity contribution in [3.63, 3.8) is 0 Å². The van der Waals surface area contributed by atoms with Crippen molar-refractivity contribution in [3.8, 4) is 5.75 Å². The van der Waals surface area contributed by atoms with E-state index in [1.54, 1.807) is 24.4 Å². The van der Waals surface area contributed by atoms with E-state index in [9.17, 15) is 13.2 Å². The van der Waals surface area contributed by atoms with E-state index >= 15 is 0 Å². The summed E-state index contributed by atoms with van der Waals surface area (Å²) in [6, 6.07) is 8.36. The number of anilines is 1. The van der Waals surface area contributed by atoms with Gasteiger partial charge in [0.15, 0.2) is 0 Å². The molecule has 1 aromatic carbocycles. The van der Waals surface area contributed by atoms with Gasteiger partial charge in [-0.15, -0.1) is 11.8 Å². The molecule has 8 nitrogen and oxygen atoms in total. The predicted octanol–water partition coefficient (Wildman–Crippen LogP) is 2.01. The van der Waals surface area contributed by atoms with Crippen molar-refractivity contribution in [2.24, 2.45) is 0 Å². The summed E-state index contributed by atoms with van der Waals surface area (Å²) in [5.41, 5.74) is 1.16. The Morgan fingerprint density at radius 1 is 1.28 bits per heavy atom. The van der Waals surface area contributed by atoms with Gasteiger partial charge in [0, 0.05) is 13.1 Å². The summed E-state index contributed by atoms with van der Waals surface area (Å²) in [5.74, 6) is -0.0129. The normalized spacial score (nSPS) is 15.1. The first-order valence-corrected chi connectivity index (χ1v) is 11.6. The van der Waals surface area contributed by atoms with Gasteiger partial charge in [-0.3, -0.25) is 4.79 Å². The van der Waals surface area contributed by atoms with Gasteiger partial charge >= 0.3 is 0 Å². The molecule has 10 heteroatoms. The molecule has 0 bridgehead atoms. The molecule has 1 saturated heterocycles. The number of pyridine rings is 1. The summed E-state index contributed by atoms with van der Waals surface area (Å²) in [6.07, 6.45) is 3.54. The molecule has 0 atom stereocenters. The molecule has 1 aliphatic heterocycles. The van der Waals surface area contributed by atoms with Crippen LogP contribution >= 0.6 is 11.8 Å². The zero-order chi connectivity index (χ0) is 20.9. The number of sulfonamides is 1. The highest BCUT2D eigenvalue weighted by Gasteiger charge is 2.29. The van der Waals surface area contributed by atoms with Crippen molar-refractivity contribution in [2.75, 3.05) is 45.0 Å². The lowest BCUT2D eigenvalue weighted by atomic mass is 10.1. The Kier molecular flexibility index (Phi) is 7.12. The Labute approximate surface area is 174 Å². The smallest absolute Gasteiger partial charge is 0.246 e. The van der Waals surface area contributed by atoms with Crippen LogP contribution in [0.4, 0.5) is 5.69 Å². The fourth-order valence-electron chi connectivity index (χ4n) is 2.92. The van der Waals surface area contributed by atoms with E-state index in [1.807, 2.05) is 12.3 Å². The Hall–Kier alpha value is -2.14. The maximum absolute atomic E-state index is 13.0. The summed E-state index contributed by atoms with van der Waals surface area (Å²) in [5, 5.41) is 3.63. The third-order valence-electron chi connectivity index (χ3n) is 4.41. The van der Waals surface area contributed by atoms with Gasteiger partial charge in [0.2, 0.25) is 15.9 Å². The van der Waals surface area contributed by atoms with E-state index < -0.39 is 10.0 Å². The van der Waals surface area contributed by atoms with Gasteiger partial charge in [-0.05, 0) is 36.1 Å². The van der Waals surface area contributed by atoms with Crippen LogP contribution in [0, 0.1) is 0 Å². The van der Waals surface area contributed by atoms with E-state index in [4.69, 9.17) is 9.47 Å². The summed E-state index contributed by atoms with van der Waals surface area (Å²) in [4.78, 5) is 16.7. The molecule has 0 aliphatic carbocycles. The van der Waals surface area contributed by atoms with Gasteiger partial charge in [0.05, 0.1) is 43.7 Å². The first-order chi connectivity index (χ1) is 13.9. The zero-order valence-electron chi connectivity index (χ0n) is 16.3. The summed E-state index contributed by atoms with van der Waals surface area (Å²) in [7, 11) is -2.32. The number of benzene rings is 1. The molecule has 3 rings (SSSR count). The molecule has 1 fully saturated rings. The number of carbonyl (C=O) groups is 1. The standard InChI is InChI=1S/C19H23N3O5S2/c1-26-16-5-3-14(11-17(16)29(24,25)22-7-9-27-10-8-22)12-18(23)21-15-4-6-19(28-2)20-13-15/h3-6,11,13H,7-10,12H2,1-2H3,(H,21,23). The Bertz CT molecular complexity index is 958. The maximum atomic E-state index is 13.0. The number of hydrogen-bond donors (Lipinski definition) is 1. The number of thioether (sulfide) groups is 1. The Morgan fingerprint density at radius 3 is 2.66 bits per heavy atom. The lowest BCUT2D eigenvalue weighted by Gasteiger charge is -2.26. The minimum absolute atomic E-state index is 0.0277. The quantitative estimate of drug-likeness (QED) is 0.662. The van der Waals surface area contributed by atoms with Gasteiger partial charge < -0.3 is 14.8 Å². The van der Waals surface area contributed by atoms with Gasteiger partial charge in [-0.2, -0.15) is 4.31 Å². The van der Waals surface area contributed by atoms with Gasteiger partial charge in [0.25, 0.3) is 0 Å². The number of aromatic nitrogens is 1. The lowest BCUT2D eigenvalue weighted by Crippen LogP contribution is -2.40. The van der Waals surface area contributed by atoms with E-state index in [-0.39, 0.29) is 36.1 Å². The highest BCUT2D eigenvalue weighted by atomic mass is 32.2. The molecule has 0 unspecified atom stereocenters. The molecule has 29 heavy (non-hydrogen) atoms. The molecular formula is C19H23N3O5S2. The van der Waals surface area contributed by atoms with Crippen molar-refractivity contribution in [1.29, 1.82) is 0 Å². The van der Waals surface area contributed by atoms with Crippen molar-refractivity contribution in [1.82, 2.24) is 9.29 Å². The Balaban J connectivity index is 1.77. The topological polar surface area (TPSA) is 97.8 Å². The third-order valence-corrected chi connectivity index (χ3v) is 6.99. The predicted molar refractivity (Wildman–Crippen MR) is 111 cm³/mol. The lowest BCUT2D eigenvalue weighted by molar-refractivity contribution is -0.115. The molecule has 1 aromatic heterocycles. The van der Waals surface area contributed by atoms with E-state index in [1.165, 1.54) is 29.2 Å². The average Bonchev–Trinajstić information content (AvgIpc) is 2.74. The van der Waals surface area contributed by atoms with E-state index in [0.29, 0.717) is 24.5 Å². The highest BCUT2D eigenvalue weighted by Crippen LogP contribution is 2.28. The van der Waals surface area contributed by atoms with Crippen molar-refractivity contribution < 1.29 is 22.7 Å². The molecular weight excluding hydrogens is 414 g/mol. The number of rotatable bonds is 7. The second-order valence-corrected chi connectivity index (χ2v) is 9.05. The zero-order valence-corrected chi connectivity index (χ0v) is 17.9. The molecule has 1 N–H and O–H groups in total. The van der Waals surface area contributed by atoms with E-state index in [0.717, 1.165) is 5.03 Å². The molecule has 2 heterocycles. The molecule has 1 aliphatic rings. The summed E-state index contributed by atoms with van der Waals surface area (Å²) < 4.78 is 37.9. The minimum Gasteiger partial charge on any atom is -0.495 e. The Morgan fingerprint density at radius 2 is 2.03 bits per heavy atom. The van der Waals surface area contributed by atoms with Crippen molar-refractivity contribution >= 4 is 33.4 Å². The van der Waals surface area contributed by atoms with Crippen LogP contribution in [0.15, 0.2) is 46.5 Å². The molecule has 0 radical (unpaired) electrons. The van der Waals surface area contributed by atoms with Crippen LogP contribution in [0.25, 0.3) is 0 Å². The second-order valence-electron chi connectivity index (χ2n) is 6.32. The van der Waals surface area contributed by atoms with Gasteiger partial charge in [-0.25, -0.2) is 13.4 Å². The monoisotopic (exact) mass is 437 g/mol. The highest BCUT2D eigenvalue weighted by molar-refractivity contribution is 7.98. The number of nitrogens with zero attached hydrogens (tertiary/aromatic N) is 2. The summed E-state index contributed by atoms with van der Waals surface area (Å²) in [6.45, 7) is 1.28.